The molecule has 0 aliphatic rings. The molecule has 0 rings (SSSR count). The van der Waals surface area contributed by atoms with E-state index in [1.54, 1.807) is 0 Å². The molecule has 0 bridgehead atoms. The van der Waals surface area contributed by atoms with Gasteiger partial charge in [0.1, 0.15) is 0 Å². The molecule has 0 amide bonds. The van der Waals surface area contributed by atoms with Gasteiger partial charge in [-0.1, -0.05) is 35.9 Å². The van der Waals surface area contributed by atoms with E-state index in [1.807, 2.05) is 32.9 Å². The van der Waals surface area contributed by atoms with Gasteiger partial charge < -0.3 is 0 Å². The molecule has 0 aromatic rings. The van der Waals surface area contributed by atoms with E-state index in [2.05, 4.69) is 6.58 Å². The monoisotopic (exact) mass is 156 g/mol. The summed E-state index contributed by atoms with van der Waals surface area (Å²) >= 11 is 5.81. The maximum absolute atomic E-state index is 5.81. The molecule has 56 valence electrons. The molecule has 0 heterocycles. The highest BCUT2D eigenvalue weighted by Gasteiger charge is 1.91. The molecule has 0 aliphatic heterocycles. The van der Waals surface area contributed by atoms with E-state index in [-0.39, 0.29) is 0 Å². The molecule has 0 unspecified atom stereocenters. The van der Waals surface area contributed by atoms with Crippen LogP contribution in [0.15, 0.2) is 34.9 Å². The van der Waals surface area contributed by atoms with Crippen LogP contribution in [0.3, 0.4) is 0 Å². The first kappa shape index (κ1) is 9.51. The Labute approximate surface area is 67.9 Å². The summed E-state index contributed by atoms with van der Waals surface area (Å²) < 4.78 is 0. The van der Waals surface area contributed by atoms with Crippen LogP contribution < -0.4 is 0 Å². The maximum atomic E-state index is 5.81. The molecule has 0 nitrogen and oxygen atoms in total. The highest BCUT2D eigenvalue weighted by molar-refractivity contribution is 6.31. The maximum Gasteiger partial charge on any atom is 0.0392 e. The minimum Gasteiger partial charge on any atom is -0.0961 e. The average Bonchev–Trinajstić information content (AvgIpc) is 1.85. The van der Waals surface area contributed by atoms with E-state index in [1.165, 1.54) is 0 Å². The average molecular weight is 157 g/mol. The third-order valence-electron chi connectivity index (χ3n) is 1.09. The zero-order valence-electron chi connectivity index (χ0n) is 6.74. The van der Waals surface area contributed by atoms with Gasteiger partial charge in [0.25, 0.3) is 0 Å². The van der Waals surface area contributed by atoms with Crippen molar-refractivity contribution in [1.82, 2.24) is 0 Å². The zero-order chi connectivity index (χ0) is 8.15. The first-order valence-electron chi connectivity index (χ1n) is 3.24. The summed E-state index contributed by atoms with van der Waals surface area (Å²) in [5.41, 5.74) is 2.09. The molecule has 0 saturated heterocycles. The molecule has 0 atom stereocenters. The van der Waals surface area contributed by atoms with Gasteiger partial charge in [-0.05, 0) is 26.3 Å². The lowest BCUT2D eigenvalue weighted by Gasteiger charge is -1.96. The van der Waals surface area contributed by atoms with Gasteiger partial charge in [0.2, 0.25) is 0 Å². The number of hydrogen-bond donors (Lipinski definition) is 0. The van der Waals surface area contributed by atoms with Crippen LogP contribution in [0, 0.1) is 0 Å². The Balaban J connectivity index is 4.35. The third kappa shape index (κ3) is 3.52. The van der Waals surface area contributed by atoms with E-state index >= 15 is 0 Å². The number of hydrogen-bond acceptors (Lipinski definition) is 0. The van der Waals surface area contributed by atoms with Gasteiger partial charge in [-0.3, -0.25) is 0 Å². The third-order valence-corrected chi connectivity index (χ3v) is 1.61. The second-order valence-electron chi connectivity index (χ2n) is 2.31. The highest BCUT2D eigenvalue weighted by atomic mass is 35.5. The molecular weight excluding hydrogens is 144 g/mol. The van der Waals surface area contributed by atoms with E-state index in [4.69, 9.17) is 11.6 Å². The topological polar surface area (TPSA) is 0 Å². The minimum atomic E-state index is 0.794. The smallest absolute Gasteiger partial charge is 0.0392 e. The van der Waals surface area contributed by atoms with E-state index in [0.29, 0.717) is 0 Å². The Morgan fingerprint density at radius 3 is 2.20 bits per heavy atom. The Morgan fingerprint density at radius 2 is 1.90 bits per heavy atom. The second kappa shape index (κ2) is 4.35. The Morgan fingerprint density at radius 1 is 1.40 bits per heavy atom. The summed E-state index contributed by atoms with van der Waals surface area (Å²) in [4.78, 5) is 0. The number of halogens is 1. The van der Waals surface area contributed by atoms with Crippen molar-refractivity contribution < 1.29 is 0 Å². The van der Waals surface area contributed by atoms with Gasteiger partial charge in [-0.15, -0.1) is 0 Å². The molecule has 0 fully saturated rings. The Hall–Kier alpha value is -0.490. The normalized spacial score (nSPS) is 13.6. The predicted octanol–water partition coefficient (Wildman–Crippen LogP) is 3.65. The summed E-state index contributed by atoms with van der Waals surface area (Å²) in [6, 6.07) is 0. The van der Waals surface area contributed by atoms with Crippen LogP contribution in [-0.4, -0.2) is 0 Å². The quantitative estimate of drug-likeness (QED) is 0.536. The molecule has 10 heavy (non-hydrogen) atoms. The lowest BCUT2D eigenvalue weighted by molar-refractivity contribution is 1.42. The van der Waals surface area contributed by atoms with Crippen molar-refractivity contribution in [1.29, 1.82) is 0 Å². The minimum absolute atomic E-state index is 0.794. The van der Waals surface area contributed by atoms with Crippen molar-refractivity contribution in [3.63, 3.8) is 0 Å². The molecule has 0 aromatic carbocycles. The molecule has 0 aliphatic carbocycles. The second-order valence-corrected chi connectivity index (χ2v) is 2.72. The fourth-order valence-electron chi connectivity index (χ4n) is 0.666. The van der Waals surface area contributed by atoms with Crippen molar-refractivity contribution in [2.45, 2.75) is 20.8 Å². The van der Waals surface area contributed by atoms with E-state index in [0.717, 1.165) is 16.2 Å². The Kier molecular flexibility index (Phi) is 4.13. The Bertz CT molecular complexity index is 185. The number of allylic oxidation sites excluding steroid dienone is 5. The van der Waals surface area contributed by atoms with Gasteiger partial charge in [-0.2, -0.15) is 0 Å². The summed E-state index contributed by atoms with van der Waals surface area (Å²) in [5, 5.41) is 0.794. The van der Waals surface area contributed by atoms with E-state index in [9.17, 15) is 0 Å². The largest absolute Gasteiger partial charge is 0.0961 e. The van der Waals surface area contributed by atoms with Crippen LogP contribution in [0.4, 0.5) is 0 Å². The van der Waals surface area contributed by atoms with Gasteiger partial charge in [0.05, 0.1) is 0 Å². The summed E-state index contributed by atoms with van der Waals surface area (Å²) in [6.45, 7) is 9.58. The van der Waals surface area contributed by atoms with Crippen molar-refractivity contribution in [2.24, 2.45) is 0 Å². The molecule has 0 radical (unpaired) electrons. The first-order valence-corrected chi connectivity index (χ1v) is 3.61. The van der Waals surface area contributed by atoms with Gasteiger partial charge >= 0.3 is 0 Å². The molecule has 1 heteroatoms. The molecule has 0 saturated carbocycles. The van der Waals surface area contributed by atoms with E-state index < -0.39 is 0 Å². The van der Waals surface area contributed by atoms with Crippen LogP contribution in [0.1, 0.15) is 20.8 Å². The van der Waals surface area contributed by atoms with Gasteiger partial charge in [-0.25, -0.2) is 0 Å². The van der Waals surface area contributed by atoms with Crippen molar-refractivity contribution in [2.75, 3.05) is 0 Å². The lowest BCUT2D eigenvalue weighted by Crippen LogP contribution is -1.75. The highest BCUT2D eigenvalue weighted by Crippen LogP contribution is 2.14. The van der Waals surface area contributed by atoms with Crippen molar-refractivity contribution >= 4 is 11.6 Å². The van der Waals surface area contributed by atoms with Crippen molar-refractivity contribution in [3.8, 4) is 0 Å². The standard InChI is InChI=1S/C9H13Cl/c1-5-9(10)8(4)6-7(2)3/h5-6H,2H2,1,3-4H3. The zero-order valence-corrected chi connectivity index (χ0v) is 7.50. The lowest BCUT2D eigenvalue weighted by atomic mass is 10.2. The number of rotatable bonds is 2. The van der Waals surface area contributed by atoms with Crippen LogP contribution in [-0.2, 0) is 0 Å². The molecule has 0 aromatic heterocycles. The summed E-state index contributed by atoms with van der Waals surface area (Å²) in [7, 11) is 0. The van der Waals surface area contributed by atoms with Gasteiger partial charge in [0, 0.05) is 5.03 Å². The molecule has 0 N–H and O–H groups in total. The van der Waals surface area contributed by atoms with Crippen LogP contribution >= 0.6 is 11.6 Å². The van der Waals surface area contributed by atoms with Crippen molar-refractivity contribution in [3.05, 3.63) is 34.9 Å². The molecule has 0 spiro atoms. The van der Waals surface area contributed by atoms with Crippen LogP contribution in [0.25, 0.3) is 0 Å². The fourth-order valence-corrected chi connectivity index (χ4v) is 0.721. The first-order chi connectivity index (χ1) is 4.57. The predicted molar refractivity (Wildman–Crippen MR) is 48.2 cm³/mol. The summed E-state index contributed by atoms with van der Waals surface area (Å²) in [6.07, 6.45) is 3.83. The molecular formula is C9H13Cl. The SMILES string of the molecule is C=C(C)C=C(C)C(Cl)=CC. The van der Waals surface area contributed by atoms with Gasteiger partial charge in [0.15, 0.2) is 0 Å². The fraction of sp³-hybridized carbons (Fsp3) is 0.333. The van der Waals surface area contributed by atoms with Crippen LogP contribution in [0.2, 0.25) is 0 Å². The van der Waals surface area contributed by atoms with Crippen LogP contribution in [0.5, 0.6) is 0 Å². The summed E-state index contributed by atoms with van der Waals surface area (Å²) in [5.74, 6) is 0.